The zero-order chi connectivity index (χ0) is 11.3. The van der Waals surface area contributed by atoms with E-state index >= 15 is 0 Å². The quantitative estimate of drug-likeness (QED) is 0.656. The molecule has 0 aromatic carbocycles. The molecule has 0 radical (unpaired) electrons. The molecule has 0 heterocycles. The molecule has 2 nitrogen and oxygen atoms in total. The van der Waals surface area contributed by atoms with Crippen molar-refractivity contribution >= 4 is 0 Å². The van der Waals surface area contributed by atoms with E-state index < -0.39 is 0 Å². The average molecular weight is 222 g/mol. The minimum Gasteiger partial charge on any atom is -0.392 e. The summed E-state index contributed by atoms with van der Waals surface area (Å²) in [6.07, 6.45) is 4.81. The van der Waals surface area contributed by atoms with Crippen molar-refractivity contribution < 1.29 is 10.2 Å². The van der Waals surface area contributed by atoms with Crippen molar-refractivity contribution in [2.24, 2.45) is 34.5 Å². The topological polar surface area (TPSA) is 40.5 Å². The first-order valence-electron chi connectivity index (χ1n) is 6.86. The molecule has 6 atom stereocenters. The van der Waals surface area contributed by atoms with Crippen molar-refractivity contribution in [3.63, 3.8) is 0 Å². The van der Waals surface area contributed by atoms with Crippen molar-refractivity contribution in [3.05, 3.63) is 0 Å². The highest BCUT2D eigenvalue weighted by molar-refractivity contribution is 5.23. The summed E-state index contributed by atoms with van der Waals surface area (Å²) in [5.74, 6) is 2.28. The van der Waals surface area contributed by atoms with Gasteiger partial charge in [0.2, 0.25) is 0 Å². The van der Waals surface area contributed by atoms with E-state index in [1.54, 1.807) is 0 Å². The molecule has 4 saturated carbocycles. The Hall–Kier alpha value is -0.0800. The van der Waals surface area contributed by atoms with Crippen LogP contribution in [0.5, 0.6) is 0 Å². The molecule has 90 valence electrons. The van der Waals surface area contributed by atoms with Gasteiger partial charge in [-0.2, -0.15) is 0 Å². The standard InChI is InChI=1S/C14H22O2/c1-13(2)11(15)9-7-3-4-8(10(9)12(13)16)14(7)5-6-14/h7-12,15-16H,3-6H2,1-2H3/t7-,8-,9+,10+,11-,12-/m1/s1. The van der Waals surface area contributed by atoms with Gasteiger partial charge in [0.1, 0.15) is 0 Å². The maximum Gasteiger partial charge on any atom is 0.0650 e. The highest BCUT2D eigenvalue weighted by Gasteiger charge is 2.75. The predicted molar refractivity (Wildman–Crippen MR) is 60.7 cm³/mol. The Kier molecular flexibility index (Phi) is 1.55. The molecule has 2 N–H and O–H groups in total. The van der Waals surface area contributed by atoms with Crippen molar-refractivity contribution in [2.75, 3.05) is 0 Å². The molecule has 0 saturated heterocycles. The molecule has 16 heavy (non-hydrogen) atoms. The number of hydrogen-bond donors (Lipinski definition) is 2. The summed E-state index contributed by atoms with van der Waals surface area (Å²) in [5, 5.41) is 21.0. The van der Waals surface area contributed by atoms with Gasteiger partial charge in [0.05, 0.1) is 12.2 Å². The van der Waals surface area contributed by atoms with Crippen LogP contribution in [0.1, 0.15) is 39.5 Å². The highest BCUT2D eigenvalue weighted by atomic mass is 16.3. The molecule has 4 aliphatic carbocycles. The maximum absolute atomic E-state index is 10.5. The van der Waals surface area contributed by atoms with E-state index in [0.29, 0.717) is 17.3 Å². The first-order chi connectivity index (χ1) is 7.50. The van der Waals surface area contributed by atoms with Crippen LogP contribution in [0.15, 0.2) is 0 Å². The Balaban J connectivity index is 1.79. The van der Waals surface area contributed by atoms with Crippen LogP contribution in [0.25, 0.3) is 0 Å². The molecule has 0 aromatic rings. The lowest BCUT2D eigenvalue weighted by molar-refractivity contribution is -0.0272. The van der Waals surface area contributed by atoms with Crippen molar-refractivity contribution in [3.8, 4) is 0 Å². The molecule has 0 amide bonds. The molecule has 0 unspecified atom stereocenters. The molecular formula is C14H22O2. The van der Waals surface area contributed by atoms with Crippen LogP contribution in [0.2, 0.25) is 0 Å². The number of rotatable bonds is 0. The van der Waals surface area contributed by atoms with Crippen molar-refractivity contribution in [2.45, 2.75) is 51.7 Å². The zero-order valence-electron chi connectivity index (χ0n) is 10.2. The van der Waals surface area contributed by atoms with Crippen LogP contribution in [0.3, 0.4) is 0 Å². The smallest absolute Gasteiger partial charge is 0.0650 e. The molecule has 2 bridgehead atoms. The Morgan fingerprint density at radius 2 is 1.31 bits per heavy atom. The SMILES string of the molecule is CC1(C)[C@H](O)[C@@H]2[C@@H]([C@H]1O)[C@H]1CC[C@H]2C12CC2. The fraction of sp³-hybridized carbons (Fsp3) is 1.00. The van der Waals surface area contributed by atoms with E-state index in [2.05, 4.69) is 0 Å². The number of hydrogen-bond acceptors (Lipinski definition) is 2. The van der Waals surface area contributed by atoms with Gasteiger partial charge in [-0.3, -0.25) is 0 Å². The normalized spacial score (nSPS) is 59.2. The van der Waals surface area contributed by atoms with Gasteiger partial charge in [-0.15, -0.1) is 0 Å². The third kappa shape index (κ3) is 0.799. The van der Waals surface area contributed by atoms with Gasteiger partial charge >= 0.3 is 0 Å². The van der Waals surface area contributed by atoms with Crippen molar-refractivity contribution in [1.29, 1.82) is 0 Å². The van der Waals surface area contributed by atoms with E-state index in [1.165, 1.54) is 25.7 Å². The summed E-state index contributed by atoms with van der Waals surface area (Å²) in [5.41, 5.74) is 0.292. The average Bonchev–Trinajstić information content (AvgIpc) is 2.87. The van der Waals surface area contributed by atoms with Gasteiger partial charge in [0.25, 0.3) is 0 Å². The van der Waals surface area contributed by atoms with Crippen LogP contribution in [-0.2, 0) is 0 Å². The summed E-state index contributed by atoms with van der Waals surface area (Å²) in [4.78, 5) is 0. The Labute approximate surface area is 97.0 Å². The third-order valence-electron chi connectivity index (χ3n) is 6.72. The third-order valence-corrected chi connectivity index (χ3v) is 6.72. The Bertz CT molecular complexity index is 317. The number of fused-ring (bicyclic) bond motifs is 3. The molecule has 4 fully saturated rings. The van der Waals surface area contributed by atoms with Crippen LogP contribution in [0, 0.1) is 34.5 Å². The monoisotopic (exact) mass is 222 g/mol. The molecule has 1 spiro atoms. The first kappa shape index (κ1) is 9.90. The maximum atomic E-state index is 10.5. The van der Waals surface area contributed by atoms with Crippen LogP contribution in [-0.4, -0.2) is 22.4 Å². The minimum absolute atomic E-state index is 0.278. The minimum atomic E-state index is -0.285. The van der Waals surface area contributed by atoms with E-state index in [4.69, 9.17) is 0 Å². The van der Waals surface area contributed by atoms with Crippen LogP contribution < -0.4 is 0 Å². The summed E-state index contributed by atoms with van der Waals surface area (Å²) in [6, 6.07) is 0. The van der Waals surface area contributed by atoms with E-state index in [9.17, 15) is 10.2 Å². The lowest BCUT2D eigenvalue weighted by atomic mass is 9.78. The van der Waals surface area contributed by atoms with E-state index in [0.717, 1.165) is 11.8 Å². The first-order valence-corrected chi connectivity index (χ1v) is 6.86. The van der Waals surface area contributed by atoms with Gasteiger partial charge in [0.15, 0.2) is 0 Å². The second-order valence-electron chi connectivity index (χ2n) is 7.39. The molecule has 4 rings (SSSR count). The highest BCUT2D eigenvalue weighted by Crippen LogP contribution is 2.78. The number of aliphatic hydroxyl groups excluding tert-OH is 2. The predicted octanol–water partition coefficient (Wildman–Crippen LogP) is 1.80. The van der Waals surface area contributed by atoms with Gasteiger partial charge in [-0.1, -0.05) is 13.8 Å². The molecule has 4 aliphatic rings. The molecule has 0 aliphatic heterocycles. The molecule has 2 heteroatoms. The summed E-state index contributed by atoms with van der Waals surface area (Å²) < 4.78 is 0. The Morgan fingerprint density at radius 3 is 1.69 bits per heavy atom. The lowest BCUT2D eigenvalue weighted by Gasteiger charge is -2.32. The largest absolute Gasteiger partial charge is 0.392 e. The second-order valence-corrected chi connectivity index (χ2v) is 7.39. The van der Waals surface area contributed by atoms with Gasteiger partial charge in [0, 0.05) is 5.41 Å². The van der Waals surface area contributed by atoms with Crippen LogP contribution >= 0.6 is 0 Å². The number of aliphatic hydroxyl groups is 2. The van der Waals surface area contributed by atoms with Gasteiger partial charge < -0.3 is 10.2 Å². The zero-order valence-corrected chi connectivity index (χ0v) is 10.2. The fourth-order valence-corrected chi connectivity index (χ4v) is 5.81. The fourth-order valence-electron chi connectivity index (χ4n) is 5.81. The molecular weight excluding hydrogens is 200 g/mol. The summed E-state index contributed by atoms with van der Waals surface area (Å²) in [7, 11) is 0. The second kappa shape index (κ2) is 2.51. The summed E-state index contributed by atoms with van der Waals surface area (Å²) in [6.45, 7) is 4.08. The summed E-state index contributed by atoms with van der Waals surface area (Å²) >= 11 is 0. The van der Waals surface area contributed by atoms with Crippen molar-refractivity contribution in [1.82, 2.24) is 0 Å². The lowest BCUT2D eigenvalue weighted by Crippen LogP contribution is -2.37. The van der Waals surface area contributed by atoms with Gasteiger partial charge in [-0.05, 0) is 54.8 Å². The van der Waals surface area contributed by atoms with Gasteiger partial charge in [-0.25, -0.2) is 0 Å². The van der Waals surface area contributed by atoms with E-state index in [-0.39, 0.29) is 17.6 Å². The van der Waals surface area contributed by atoms with E-state index in [1.807, 2.05) is 13.8 Å². The molecule has 0 aromatic heterocycles. The Morgan fingerprint density at radius 1 is 0.875 bits per heavy atom. The van der Waals surface area contributed by atoms with Crippen LogP contribution in [0.4, 0.5) is 0 Å².